The van der Waals surface area contributed by atoms with E-state index in [2.05, 4.69) is 0 Å². The van der Waals surface area contributed by atoms with Gasteiger partial charge in [0.05, 0.1) is 4.90 Å². The zero-order valence-corrected chi connectivity index (χ0v) is 11.6. The quantitative estimate of drug-likeness (QED) is 0.866. The highest BCUT2D eigenvalue weighted by Crippen LogP contribution is 2.36. The Labute approximate surface area is 116 Å². The van der Waals surface area contributed by atoms with Crippen LogP contribution >= 0.6 is 0 Å². The number of hydrogen-bond acceptors (Lipinski definition) is 3. The summed E-state index contributed by atoms with van der Waals surface area (Å²) in [5, 5.41) is 1.40. The first-order chi connectivity index (χ1) is 9.26. The van der Waals surface area contributed by atoms with Crippen molar-refractivity contribution in [3.63, 3.8) is 0 Å². The van der Waals surface area contributed by atoms with Gasteiger partial charge in [0.1, 0.15) is 0 Å². The predicted octanol–water partition coefficient (Wildman–Crippen LogP) is 2.53. The van der Waals surface area contributed by atoms with Crippen LogP contribution in [-0.2, 0) is 14.6 Å². The molecular weight excluding hydrogens is 321 g/mol. The second-order valence-electron chi connectivity index (χ2n) is 4.28. The predicted molar refractivity (Wildman–Crippen MR) is 63.9 cm³/mol. The fourth-order valence-electron chi connectivity index (χ4n) is 1.30. The summed E-state index contributed by atoms with van der Waals surface area (Å²) in [5.74, 6) is -8.16. The van der Waals surface area contributed by atoms with E-state index in [1.807, 2.05) is 0 Å². The molecule has 0 aliphatic rings. The van der Waals surface area contributed by atoms with Gasteiger partial charge in [-0.15, -0.1) is 0 Å². The molecule has 0 unspecified atom stereocenters. The lowest BCUT2D eigenvalue weighted by Gasteiger charge is -2.19. The number of sulfone groups is 1. The summed E-state index contributed by atoms with van der Waals surface area (Å²) in [6.45, 7) is 1.31. The van der Waals surface area contributed by atoms with Gasteiger partial charge in [0.25, 0.3) is 0 Å². The number of amides is 1. The molecule has 1 aromatic rings. The van der Waals surface area contributed by atoms with Crippen LogP contribution in [0.1, 0.15) is 5.56 Å². The summed E-state index contributed by atoms with van der Waals surface area (Å²) in [6.07, 6.45) is -5.22. The number of nitrogens with one attached hydrogen (secondary N) is 1. The molecule has 21 heavy (non-hydrogen) atoms. The van der Waals surface area contributed by atoms with Crippen molar-refractivity contribution in [2.24, 2.45) is 0 Å². The fraction of sp³-hybridized carbons (Fsp3) is 0.364. The number of halogens is 5. The number of rotatable bonds is 3. The lowest BCUT2D eigenvalue weighted by Crippen LogP contribution is -2.47. The van der Waals surface area contributed by atoms with Gasteiger partial charge in [-0.05, 0) is 24.6 Å². The first kappa shape index (κ1) is 17.3. The van der Waals surface area contributed by atoms with Crippen molar-refractivity contribution in [1.82, 2.24) is 0 Å². The van der Waals surface area contributed by atoms with E-state index in [4.69, 9.17) is 0 Å². The molecule has 1 N–H and O–H groups in total. The Morgan fingerprint density at radius 3 is 2.10 bits per heavy atom. The summed E-state index contributed by atoms with van der Waals surface area (Å²) in [6, 6.07) is 3.13. The topological polar surface area (TPSA) is 63.2 Å². The highest BCUT2D eigenvalue weighted by Gasteiger charge is 2.63. The number of aryl methyl sites for hydroxylation is 1. The Hall–Kier alpha value is -1.71. The van der Waals surface area contributed by atoms with Crippen molar-refractivity contribution in [3.05, 3.63) is 23.8 Å². The van der Waals surface area contributed by atoms with Gasteiger partial charge >= 0.3 is 18.0 Å². The van der Waals surface area contributed by atoms with Crippen LogP contribution in [-0.4, -0.2) is 32.7 Å². The molecule has 0 saturated carbocycles. The molecule has 10 heteroatoms. The molecular formula is C11H10F5NO3S. The molecule has 1 rings (SSSR count). The summed E-state index contributed by atoms with van der Waals surface area (Å²) in [7, 11) is -3.70. The standard InChI is InChI=1S/C11H10F5NO3S/c1-6-3-4-7(21(2,19)20)5-8(6)17-9(18)10(12,13)11(14,15)16/h3-5H,1-2H3,(H,17,18). The maximum absolute atomic E-state index is 12.8. The Morgan fingerprint density at radius 2 is 1.67 bits per heavy atom. The molecule has 0 bridgehead atoms. The van der Waals surface area contributed by atoms with Crippen LogP contribution in [0, 0.1) is 6.92 Å². The molecule has 118 valence electrons. The molecule has 0 heterocycles. The molecule has 0 atom stereocenters. The van der Waals surface area contributed by atoms with Gasteiger partial charge in [-0.25, -0.2) is 8.42 Å². The molecule has 0 aliphatic carbocycles. The molecule has 0 fully saturated rings. The summed E-state index contributed by atoms with van der Waals surface area (Å²) in [4.78, 5) is 10.7. The van der Waals surface area contributed by atoms with Gasteiger partial charge < -0.3 is 5.32 Å². The molecule has 0 spiro atoms. The molecule has 1 aromatic carbocycles. The monoisotopic (exact) mass is 331 g/mol. The minimum Gasteiger partial charge on any atom is -0.320 e. The SMILES string of the molecule is Cc1ccc(S(C)(=O)=O)cc1NC(=O)C(F)(F)C(F)(F)F. The Bertz CT molecular complexity index is 667. The van der Waals surface area contributed by atoms with Crippen LogP contribution < -0.4 is 5.32 Å². The van der Waals surface area contributed by atoms with E-state index in [-0.39, 0.29) is 10.5 Å². The van der Waals surface area contributed by atoms with E-state index in [1.165, 1.54) is 18.3 Å². The van der Waals surface area contributed by atoms with Gasteiger partial charge in [-0.2, -0.15) is 22.0 Å². The number of anilines is 1. The first-order valence-corrected chi connectivity index (χ1v) is 7.22. The van der Waals surface area contributed by atoms with Crippen LogP contribution in [0.4, 0.5) is 27.6 Å². The van der Waals surface area contributed by atoms with E-state index < -0.39 is 33.5 Å². The highest BCUT2D eigenvalue weighted by molar-refractivity contribution is 7.90. The van der Waals surface area contributed by atoms with Gasteiger partial charge in [0, 0.05) is 11.9 Å². The maximum atomic E-state index is 12.8. The van der Waals surface area contributed by atoms with Gasteiger partial charge in [-0.1, -0.05) is 6.07 Å². The van der Waals surface area contributed by atoms with E-state index in [1.54, 1.807) is 0 Å². The number of hydrogen-bond donors (Lipinski definition) is 1. The van der Waals surface area contributed by atoms with Crippen LogP contribution in [0.15, 0.2) is 23.1 Å². The fourth-order valence-corrected chi connectivity index (χ4v) is 1.94. The van der Waals surface area contributed by atoms with Crippen molar-refractivity contribution in [2.75, 3.05) is 11.6 Å². The molecule has 0 aromatic heterocycles. The lowest BCUT2D eigenvalue weighted by molar-refractivity contribution is -0.267. The maximum Gasteiger partial charge on any atom is 0.463 e. The first-order valence-electron chi connectivity index (χ1n) is 5.33. The zero-order chi connectivity index (χ0) is 16.6. The normalized spacial score (nSPS) is 13.1. The van der Waals surface area contributed by atoms with E-state index in [9.17, 15) is 35.2 Å². The summed E-state index contributed by atoms with van der Waals surface area (Å²) >= 11 is 0. The summed E-state index contributed by atoms with van der Waals surface area (Å²) < 4.78 is 84.4. The minimum absolute atomic E-state index is 0.133. The Balaban J connectivity index is 3.18. The second kappa shape index (κ2) is 5.24. The van der Waals surface area contributed by atoms with Gasteiger partial charge in [0.2, 0.25) is 0 Å². The van der Waals surface area contributed by atoms with E-state index in [0.29, 0.717) is 0 Å². The van der Waals surface area contributed by atoms with Crippen LogP contribution in [0.5, 0.6) is 0 Å². The number of carbonyl (C=O) groups excluding carboxylic acids is 1. The molecule has 0 radical (unpaired) electrons. The largest absolute Gasteiger partial charge is 0.463 e. The minimum atomic E-state index is -6.04. The average molecular weight is 331 g/mol. The highest BCUT2D eigenvalue weighted by atomic mass is 32.2. The molecule has 0 aliphatic heterocycles. The smallest absolute Gasteiger partial charge is 0.320 e. The van der Waals surface area contributed by atoms with Gasteiger partial charge in [-0.3, -0.25) is 4.79 Å². The third-order valence-electron chi connectivity index (χ3n) is 2.53. The van der Waals surface area contributed by atoms with Crippen molar-refractivity contribution in [3.8, 4) is 0 Å². The molecule has 4 nitrogen and oxygen atoms in total. The third-order valence-corrected chi connectivity index (χ3v) is 3.64. The van der Waals surface area contributed by atoms with Crippen molar-refractivity contribution < 1.29 is 35.2 Å². The second-order valence-corrected chi connectivity index (χ2v) is 6.29. The average Bonchev–Trinajstić information content (AvgIpc) is 2.28. The third kappa shape index (κ3) is 3.69. The number of benzene rings is 1. The van der Waals surface area contributed by atoms with E-state index >= 15 is 0 Å². The molecule has 0 saturated heterocycles. The Morgan fingerprint density at radius 1 is 1.14 bits per heavy atom. The van der Waals surface area contributed by atoms with E-state index in [0.717, 1.165) is 18.4 Å². The van der Waals surface area contributed by atoms with Crippen molar-refractivity contribution in [1.29, 1.82) is 0 Å². The van der Waals surface area contributed by atoms with Crippen molar-refractivity contribution in [2.45, 2.75) is 23.9 Å². The van der Waals surface area contributed by atoms with Crippen LogP contribution in [0.25, 0.3) is 0 Å². The van der Waals surface area contributed by atoms with Crippen molar-refractivity contribution >= 4 is 21.4 Å². The van der Waals surface area contributed by atoms with Crippen LogP contribution in [0.2, 0.25) is 0 Å². The molecule has 1 amide bonds. The Kier molecular flexibility index (Phi) is 4.33. The van der Waals surface area contributed by atoms with Crippen LogP contribution in [0.3, 0.4) is 0 Å². The number of carbonyl (C=O) groups is 1. The van der Waals surface area contributed by atoms with Gasteiger partial charge in [0.15, 0.2) is 9.84 Å². The number of alkyl halides is 5. The zero-order valence-electron chi connectivity index (χ0n) is 10.8. The summed E-state index contributed by atoms with van der Waals surface area (Å²) in [5.41, 5.74) is -0.305. The lowest BCUT2D eigenvalue weighted by atomic mass is 10.2.